The summed E-state index contributed by atoms with van der Waals surface area (Å²) in [4.78, 5) is 13.1. The van der Waals surface area contributed by atoms with Gasteiger partial charge in [0.15, 0.2) is 0 Å². The molecule has 6 heteroatoms. The van der Waals surface area contributed by atoms with Crippen molar-refractivity contribution < 1.29 is 9.53 Å². The molecule has 0 spiro atoms. The van der Waals surface area contributed by atoms with Gasteiger partial charge in [0.25, 0.3) is 0 Å². The van der Waals surface area contributed by atoms with Crippen LogP contribution in [-0.2, 0) is 11.2 Å². The third-order valence-electron chi connectivity index (χ3n) is 3.19. The number of methoxy groups -OCH3 is 1. The molecular weight excluding hydrogens is 344 g/mol. The topological polar surface area (TPSA) is 50.7 Å². The number of nitrogens with one attached hydrogen (secondary N) is 1. The highest BCUT2D eigenvalue weighted by Crippen LogP contribution is 2.26. The van der Waals surface area contributed by atoms with E-state index in [4.69, 9.17) is 16.3 Å². The summed E-state index contributed by atoms with van der Waals surface area (Å²) < 4.78 is 5.09. The van der Waals surface area contributed by atoms with Crippen molar-refractivity contribution in [1.29, 1.82) is 0 Å². The number of rotatable bonds is 7. The number of nitrogens with zero attached hydrogens (tertiary/aromatic N) is 1. The third kappa shape index (κ3) is 5.58. The minimum absolute atomic E-state index is 0.181. The molecule has 126 valence electrons. The first kappa shape index (κ1) is 18.4. The Labute approximate surface area is 151 Å². The van der Waals surface area contributed by atoms with Crippen LogP contribution in [0.1, 0.15) is 18.1 Å². The predicted molar refractivity (Wildman–Crippen MR) is 100 cm³/mol. The number of ether oxygens (including phenoxy) is 1. The van der Waals surface area contributed by atoms with Gasteiger partial charge in [-0.05, 0) is 59.3 Å². The molecule has 0 saturated heterocycles. The SMILES string of the molecule is CCSc1ccc(Cl)cc1CC(=O)N/N=C\c1ccc(OC)cc1. The van der Waals surface area contributed by atoms with Gasteiger partial charge in [-0.3, -0.25) is 4.79 Å². The molecule has 0 aliphatic heterocycles. The van der Waals surface area contributed by atoms with Crippen molar-refractivity contribution in [2.45, 2.75) is 18.2 Å². The molecule has 0 fully saturated rings. The van der Waals surface area contributed by atoms with E-state index in [-0.39, 0.29) is 12.3 Å². The van der Waals surface area contributed by atoms with Gasteiger partial charge in [-0.2, -0.15) is 5.10 Å². The second-order valence-electron chi connectivity index (χ2n) is 4.93. The van der Waals surface area contributed by atoms with Crippen LogP contribution in [0.2, 0.25) is 5.02 Å². The van der Waals surface area contributed by atoms with Crippen molar-refractivity contribution in [3.63, 3.8) is 0 Å². The molecule has 4 nitrogen and oxygen atoms in total. The fourth-order valence-electron chi connectivity index (χ4n) is 2.06. The smallest absolute Gasteiger partial charge is 0.244 e. The van der Waals surface area contributed by atoms with Crippen LogP contribution in [0, 0.1) is 0 Å². The molecule has 24 heavy (non-hydrogen) atoms. The van der Waals surface area contributed by atoms with Crippen LogP contribution in [0.3, 0.4) is 0 Å². The fourth-order valence-corrected chi connectivity index (χ4v) is 3.05. The minimum atomic E-state index is -0.181. The number of thioether (sulfide) groups is 1. The largest absolute Gasteiger partial charge is 0.497 e. The molecule has 1 amide bonds. The van der Waals surface area contributed by atoms with Gasteiger partial charge < -0.3 is 4.74 Å². The lowest BCUT2D eigenvalue weighted by Gasteiger charge is -2.08. The summed E-state index contributed by atoms with van der Waals surface area (Å²) >= 11 is 7.72. The van der Waals surface area contributed by atoms with Gasteiger partial charge in [-0.15, -0.1) is 11.8 Å². The van der Waals surface area contributed by atoms with Crippen molar-refractivity contribution in [3.05, 3.63) is 58.6 Å². The molecule has 2 rings (SSSR count). The van der Waals surface area contributed by atoms with Crippen LogP contribution >= 0.6 is 23.4 Å². The van der Waals surface area contributed by atoms with Crippen LogP contribution in [0.4, 0.5) is 0 Å². The molecule has 1 N–H and O–H groups in total. The van der Waals surface area contributed by atoms with E-state index in [1.807, 2.05) is 42.5 Å². The van der Waals surface area contributed by atoms with E-state index in [1.54, 1.807) is 25.1 Å². The molecule has 2 aromatic carbocycles. The molecule has 0 aliphatic rings. The molecule has 0 saturated carbocycles. The summed E-state index contributed by atoms with van der Waals surface area (Å²) in [5.41, 5.74) is 4.33. The third-order valence-corrected chi connectivity index (χ3v) is 4.43. The maximum Gasteiger partial charge on any atom is 0.244 e. The molecular formula is C18H19ClN2O2S. The van der Waals surface area contributed by atoms with Crippen molar-refractivity contribution in [2.75, 3.05) is 12.9 Å². The van der Waals surface area contributed by atoms with Gasteiger partial charge >= 0.3 is 0 Å². The number of amides is 1. The van der Waals surface area contributed by atoms with Crippen LogP contribution in [0.5, 0.6) is 5.75 Å². The maximum absolute atomic E-state index is 12.1. The molecule has 0 bridgehead atoms. The van der Waals surface area contributed by atoms with Crippen molar-refractivity contribution in [1.82, 2.24) is 5.43 Å². The lowest BCUT2D eigenvalue weighted by atomic mass is 10.1. The Kier molecular flexibility index (Phi) is 7.15. The molecule has 0 unspecified atom stereocenters. The summed E-state index contributed by atoms with van der Waals surface area (Å²) in [7, 11) is 1.62. The Hall–Kier alpha value is -1.98. The average Bonchev–Trinajstić information content (AvgIpc) is 2.58. The Bertz CT molecular complexity index is 717. The Balaban J connectivity index is 1.95. The first-order valence-corrected chi connectivity index (χ1v) is 8.86. The van der Waals surface area contributed by atoms with Gasteiger partial charge in [0.05, 0.1) is 19.7 Å². The molecule has 2 aromatic rings. The van der Waals surface area contributed by atoms with Gasteiger partial charge in [0, 0.05) is 9.92 Å². The normalized spacial score (nSPS) is 10.8. The molecule has 0 atom stereocenters. The number of halogens is 1. The maximum atomic E-state index is 12.1. The first-order valence-electron chi connectivity index (χ1n) is 7.49. The monoisotopic (exact) mass is 362 g/mol. The standard InChI is InChI=1S/C18H19ClN2O2S/c1-3-24-17-9-6-15(19)10-14(17)11-18(22)21-20-12-13-4-7-16(23-2)8-5-13/h4-10,12H,3,11H2,1-2H3,(H,21,22)/b20-12-. The highest BCUT2D eigenvalue weighted by molar-refractivity contribution is 7.99. The molecule has 0 aromatic heterocycles. The lowest BCUT2D eigenvalue weighted by molar-refractivity contribution is -0.120. The summed E-state index contributed by atoms with van der Waals surface area (Å²) in [6.45, 7) is 2.07. The van der Waals surface area contributed by atoms with E-state index in [2.05, 4.69) is 17.5 Å². The highest BCUT2D eigenvalue weighted by Gasteiger charge is 2.08. The van der Waals surface area contributed by atoms with E-state index in [9.17, 15) is 4.79 Å². The van der Waals surface area contributed by atoms with Gasteiger partial charge in [0.1, 0.15) is 5.75 Å². The zero-order valence-electron chi connectivity index (χ0n) is 13.6. The second kappa shape index (κ2) is 9.35. The Morgan fingerprint density at radius 3 is 2.71 bits per heavy atom. The summed E-state index contributed by atoms with van der Waals surface area (Å²) in [5.74, 6) is 1.53. The van der Waals surface area contributed by atoms with E-state index >= 15 is 0 Å². The van der Waals surface area contributed by atoms with Crippen LogP contribution in [0.25, 0.3) is 0 Å². The van der Waals surface area contributed by atoms with Crippen molar-refractivity contribution in [2.24, 2.45) is 5.10 Å². The summed E-state index contributed by atoms with van der Waals surface area (Å²) in [6, 6.07) is 13.0. The number of benzene rings is 2. The van der Waals surface area contributed by atoms with Crippen LogP contribution in [-0.4, -0.2) is 25.0 Å². The number of carbonyl (C=O) groups is 1. The number of hydrogen-bond acceptors (Lipinski definition) is 4. The van der Waals surface area contributed by atoms with Gasteiger partial charge in [-0.25, -0.2) is 5.43 Å². The van der Waals surface area contributed by atoms with Crippen molar-refractivity contribution >= 4 is 35.5 Å². The van der Waals surface area contributed by atoms with Crippen molar-refractivity contribution in [3.8, 4) is 5.75 Å². The first-order chi connectivity index (χ1) is 11.6. The average molecular weight is 363 g/mol. The van der Waals surface area contributed by atoms with E-state index < -0.39 is 0 Å². The quantitative estimate of drug-likeness (QED) is 0.457. The zero-order chi connectivity index (χ0) is 17.4. The molecule has 0 heterocycles. The number of carbonyl (C=O) groups excluding carboxylic acids is 1. The minimum Gasteiger partial charge on any atom is -0.497 e. The predicted octanol–water partition coefficient (Wildman–Crippen LogP) is 4.15. The fraction of sp³-hybridized carbons (Fsp3) is 0.222. The molecule has 0 radical (unpaired) electrons. The lowest BCUT2D eigenvalue weighted by Crippen LogP contribution is -2.20. The van der Waals surface area contributed by atoms with Gasteiger partial charge in [0.2, 0.25) is 5.91 Å². The van der Waals surface area contributed by atoms with E-state index in [0.29, 0.717) is 5.02 Å². The molecule has 0 aliphatic carbocycles. The van der Waals surface area contributed by atoms with E-state index in [1.165, 1.54) is 0 Å². The van der Waals surface area contributed by atoms with Crippen LogP contribution < -0.4 is 10.2 Å². The van der Waals surface area contributed by atoms with Gasteiger partial charge in [-0.1, -0.05) is 18.5 Å². The Morgan fingerprint density at radius 1 is 1.29 bits per heavy atom. The summed E-state index contributed by atoms with van der Waals surface area (Å²) in [5, 5.41) is 4.61. The summed E-state index contributed by atoms with van der Waals surface area (Å²) in [6.07, 6.45) is 1.83. The van der Waals surface area contributed by atoms with Crippen LogP contribution in [0.15, 0.2) is 52.5 Å². The van der Waals surface area contributed by atoms with E-state index in [0.717, 1.165) is 27.5 Å². The zero-order valence-corrected chi connectivity index (χ0v) is 15.2. The highest BCUT2D eigenvalue weighted by atomic mass is 35.5. The number of hydrogen-bond donors (Lipinski definition) is 1. The second-order valence-corrected chi connectivity index (χ2v) is 6.67. The number of hydrazone groups is 1. The Morgan fingerprint density at radius 2 is 2.04 bits per heavy atom.